The van der Waals surface area contributed by atoms with Crippen LogP contribution in [0.1, 0.15) is 5.56 Å². The first-order valence-corrected chi connectivity index (χ1v) is 8.32. The van der Waals surface area contributed by atoms with Gasteiger partial charge in [0.25, 0.3) is 0 Å². The molecule has 0 bridgehead atoms. The lowest BCUT2D eigenvalue weighted by molar-refractivity contribution is 0.398. The molecule has 0 spiro atoms. The molecule has 0 radical (unpaired) electrons. The van der Waals surface area contributed by atoms with Gasteiger partial charge in [0.1, 0.15) is 16.4 Å². The van der Waals surface area contributed by atoms with Crippen LogP contribution in [0.2, 0.25) is 0 Å². The Hall–Kier alpha value is -2.54. The fourth-order valence-electron chi connectivity index (χ4n) is 2.32. The van der Waals surface area contributed by atoms with Crippen LogP contribution in [-0.2, 0) is 17.2 Å². The van der Waals surface area contributed by atoms with E-state index in [0.29, 0.717) is 5.52 Å². The van der Waals surface area contributed by atoms with Crippen molar-refractivity contribution in [2.45, 2.75) is 11.8 Å². The Morgan fingerprint density at radius 2 is 1.91 bits per heavy atom. The van der Waals surface area contributed by atoms with Gasteiger partial charge < -0.3 is 13.5 Å². The van der Waals surface area contributed by atoms with E-state index in [1.54, 1.807) is 43.6 Å². The molecule has 3 aromatic rings. The van der Waals surface area contributed by atoms with Crippen LogP contribution in [0.25, 0.3) is 11.0 Å². The van der Waals surface area contributed by atoms with Crippen molar-refractivity contribution in [3.05, 3.63) is 48.3 Å². The molecule has 23 heavy (non-hydrogen) atoms. The van der Waals surface area contributed by atoms with E-state index < -0.39 is 10.1 Å². The third kappa shape index (κ3) is 2.87. The number of rotatable bonds is 4. The highest BCUT2D eigenvalue weighted by molar-refractivity contribution is 7.87. The van der Waals surface area contributed by atoms with Gasteiger partial charge in [-0.1, -0.05) is 6.07 Å². The number of aromatic nitrogens is 2. The number of fused-ring (bicyclic) bond motifs is 1. The zero-order valence-corrected chi connectivity index (χ0v) is 13.8. The van der Waals surface area contributed by atoms with Gasteiger partial charge in [-0.15, -0.1) is 0 Å². The molecule has 2 aromatic carbocycles. The van der Waals surface area contributed by atoms with Crippen molar-refractivity contribution in [1.82, 2.24) is 9.55 Å². The Labute approximate surface area is 134 Å². The Morgan fingerprint density at radius 3 is 2.65 bits per heavy atom. The summed E-state index contributed by atoms with van der Waals surface area (Å²) in [5, 5.41) is 0. The predicted octanol–water partition coefficient (Wildman–Crippen LogP) is 2.66. The highest BCUT2D eigenvalue weighted by Crippen LogP contribution is 2.28. The molecular weight excluding hydrogens is 316 g/mol. The van der Waals surface area contributed by atoms with Crippen LogP contribution >= 0.6 is 0 Å². The van der Waals surface area contributed by atoms with Crippen molar-refractivity contribution in [3.63, 3.8) is 0 Å². The first-order chi connectivity index (χ1) is 10.9. The molecule has 0 N–H and O–H groups in total. The van der Waals surface area contributed by atoms with Crippen molar-refractivity contribution in [2.24, 2.45) is 7.05 Å². The molecule has 0 saturated heterocycles. The molecule has 3 rings (SSSR count). The standard InChI is InChI=1S/C16H16N2O4S/c1-11-4-7-15(21-3)16(8-11)23(19,20)22-12-5-6-14-13(9-12)17-10-18(14)2/h4-10H,1-3H3. The van der Waals surface area contributed by atoms with Crippen molar-refractivity contribution in [3.8, 4) is 11.5 Å². The van der Waals surface area contributed by atoms with Gasteiger partial charge in [0, 0.05) is 13.1 Å². The number of nitrogens with zero attached hydrogens (tertiary/aromatic N) is 2. The van der Waals surface area contributed by atoms with Crippen molar-refractivity contribution in [1.29, 1.82) is 0 Å². The molecule has 120 valence electrons. The van der Waals surface area contributed by atoms with Gasteiger partial charge in [-0.2, -0.15) is 8.42 Å². The smallest absolute Gasteiger partial charge is 0.342 e. The van der Waals surface area contributed by atoms with Crippen LogP contribution in [-0.4, -0.2) is 25.1 Å². The minimum Gasteiger partial charge on any atom is -0.495 e. The Balaban J connectivity index is 2.01. The quantitative estimate of drug-likeness (QED) is 0.687. The van der Waals surface area contributed by atoms with Crippen molar-refractivity contribution < 1.29 is 17.3 Å². The Morgan fingerprint density at radius 1 is 1.13 bits per heavy atom. The van der Waals surface area contributed by atoms with E-state index in [2.05, 4.69) is 4.98 Å². The number of hydrogen-bond acceptors (Lipinski definition) is 5. The number of methoxy groups -OCH3 is 1. The van der Waals surface area contributed by atoms with Gasteiger partial charge >= 0.3 is 10.1 Å². The largest absolute Gasteiger partial charge is 0.495 e. The third-order valence-corrected chi connectivity index (χ3v) is 4.76. The first kappa shape index (κ1) is 15.4. The van der Waals surface area contributed by atoms with E-state index in [1.165, 1.54) is 13.2 Å². The van der Waals surface area contributed by atoms with Gasteiger partial charge in [0.05, 0.1) is 24.5 Å². The van der Waals surface area contributed by atoms with Crippen LogP contribution in [0, 0.1) is 6.92 Å². The van der Waals surface area contributed by atoms with E-state index in [4.69, 9.17) is 8.92 Å². The maximum Gasteiger partial charge on any atom is 0.342 e. The van der Waals surface area contributed by atoms with E-state index in [1.807, 2.05) is 11.6 Å². The normalized spacial score (nSPS) is 11.6. The van der Waals surface area contributed by atoms with Gasteiger partial charge in [0.15, 0.2) is 0 Å². The molecule has 7 heteroatoms. The summed E-state index contributed by atoms with van der Waals surface area (Å²) in [6.07, 6.45) is 1.66. The molecule has 0 fully saturated rings. The number of hydrogen-bond donors (Lipinski definition) is 0. The molecule has 0 saturated carbocycles. The highest BCUT2D eigenvalue weighted by atomic mass is 32.2. The molecule has 6 nitrogen and oxygen atoms in total. The summed E-state index contributed by atoms with van der Waals surface area (Å²) in [5.41, 5.74) is 2.35. The lowest BCUT2D eigenvalue weighted by Gasteiger charge is -2.11. The van der Waals surface area contributed by atoms with E-state index in [0.717, 1.165) is 11.1 Å². The monoisotopic (exact) mass is 332 g/mol. The number of benzene rings is 2. The second-order valence-electron chi connectivity index (χ2n) is 5.20. The van der Waals surface area contributed by atoms with Crippen molar-refractivity contribution >= 4 is 21.2 Å². The molecule has 0 amide bonds. The summed E-state index contributed by atoms with van der Waals surface area (Å²) in [5.74, 6) is 0.453. The molecule has 0 unspecified atom stereocenters. The van der Waals surface area contributed by atoms with Gasteiger partial charge in [-0.05, 0) is 36.8 Å². The lowest BCUT2D eigenvalue weighted by Crippen LogP contribution is -2.11. The van der Waals surface area contributed by atoms with Crippen LogP contribution in [0.4, 0.5) is 0 Å². The van der Waals surface area contributed by atoms with E-state index in [9.17, 15) is 8.42 Å². The van der Waals surface area contributed by atoms with Crippen LogP contribution in [0.15, 0.2) is 47.6 Å². The number of imidazole rings is 1. The molecule has 1 aromatic heterocycles. The van der Waals surface area contributed by atoms with Crippen LogP contribution < -0.4 is 8.92 Å². The van der Waals surface area contributed by atoms with E-state index >= 15 is 0 Å². The summed E-state index contributed by atoms with van der Waals surface area (Å²) >= 11 is 0. The van der Waals surface area contributed by atoms with Crippen LogP contribution in [0.5, 0.6) is 11.5 Å². The zero-order valence-electron chi connectivity index (χ0n) is 13.0. The third-order valence-electron chi connectivity index (χ3n) is 3.49. The fourth-order valence-corrected chi connectivity index (χ4v) is 3.49. The second-order valence-corrected chi connectivity index (χ2v) is 6.71. The maximum absolute atomic E-state index is 12.5. The Bertz CT molecular complexity index is 977. The second kappa shape index (κ2) is 5.58. The maximum atomic E-state index is 12.5. The summed E-state index contributed by atoms with van der Waals surface area (Å²) in [4.78, 5) is 4.19. The zero-order chi connectivity index (χ0) is 16.6. The first-order valence-electron chi connectivity index (χ1n) is 6.91. The average molecular weight is 332 g/mol. The SMILES string of the molecule is COc1ccc(C)cc1S(=O)(=O)Oc1ccc2c(c1)ncn2C. The van der Waals surface area contributed by atoms with Gasteiger partial charge in [0.2, 0.25) is 0 Å². The molecule has 0 aliphatic carbocycles. The fraction of sp³-hybridized carbons (Fsp3) is 0.188. The van der Waals surface area contributed by atoms with Crippen molar-refractivity contribution in [2.75, 3.05) is 7.11 Å². The number of aryl methyl sites for hydroxylation is 2. The molecule has 0 aliphatic heterocycles. The Kier molecular flexibility index (Phi) is 3.73. The molecule has 0 aliphatic rings. The number of ether oxygens (including phenoxy) is 1. The lowest BCUT2D eigenvalue weighted by atomic mass is 10.2. The van der Waals surface area contributed by atoms with Crippen LogP contribution in [0.3, 0.4) is 0 Å². The van der Waals surface area contributed by atoms with Gasteiger partial charge in [-0.25, -0.2) is 4.98 Å². The molecule has 0 atom stereocenters. The van der Waals surface area contributed by atoms with Gasteiger partial charge in [-0.3, -0.25) is 0 Å². The highest BCUT2D eigenvalue weighted by Gasteiger charge is 2.22. The molecule has 1 heterocycles. The summed E-state index contributed by atoms with van der Waals surface area (Å²) in [6, 6.07) is 9.86. The minimum absolute atomic E-state index is 0.00104. The molecular formula is C16H16N2O4S. The average Bonchev–Trinajstić information content (AvgIpc) is 2.87. The minimum atomic E-state index is -4.00. The van der Waals surface area contributed by atoms with E-state index in [-0.39, 0.29) is 16.4 Å². The summed E-state index contributed by atoms with van der Waals surface area (Å²) < 4.78 is 37.3. The summed E-state index contributed by atoms with van der Waals surface area (Å²) in [6.45, 7) is 1.80. The topological polar surface area (TPSA) is 70.4 Å². The summed E-state index contributed by atoms with van der Waals surface area (Å²) in [7, 11) is -0.714. The predicted molar refractivity (Wildman–Crippen MR) is 86.3 cm³/mol.